The molecule has 1 aromatic heterocycles. The summed E-state index contributed by atoms with van der Waals surface area (Å²) in [6, 6.07) is 13.3. The zero-order valence-corrected chi connectivity index (χ0v) is 15.8. The molecule has 152 valence electrons. The van der Waals surface area contributed by atoms with Crippen molar-refractivity contribution in [3.8, 4) is 22.8 Å². The molecule has 0 saturated heterocycles. The fourth-order valence-electron chi connectivity index (χ4n) is 2.84. The van der Waals surface area contributed by atoms with Crippen molar-refractivity contribution in [2.75, 3.05) is 0 Å². The highest BCUT2D eigenvalue weighted by molar-refractivity contribution is 5.75. The third-order valence-corrected chi connectivity index (χ3v) is 4.28. The van der Waals surface area contributed by atoms with Crippen molar-refractivity contribution >= 4 is 5.78 Å². The second-order valence-electron chi connectivity index (χ2n) is 6.66. The summed E-state index contributed by atoms with van der Waals surface area (Å²) >= 11 is 0. The Labute approximate surface area is 166 Å². The molecule has 0 radical (unpaired) electrons. The number of rotatable bonds is 8. The van der Waals surface area contributed by atoms with E-state index in [-0.39, 0.29) is 11.5 Å². The number of aryl methyl sites for hydroxylation is 1. The van der Waals surface area contributed by atoms with Gasteiger partial charge in [-0.15, -0.1) is 18.3 Å². The third-order valence-electron chi connectivity index (χ3n) is 4.28. The molecular weight excluding hydrogens is 383 g/mol. The first-order valence-electron chi connectivity index (χ1n) is 9.17. The highest BCUT2D eigenvalue weighted by atomic mass is 19.4. The van der Waals surface area contributed by atoms with Crippen LogP contribution in [0.1, 0.15) is 31.7 Å². The van der Waals surface area contributed by atoms with E-state index >= 15 is 0 Å². The molecule has 29 heavy (non-hydrogen) atoms. The number of Topliss-reactive ketones (excluding diaryl/α,β-unsaturated/α-hetero) is 1. The van der Waals surface area contributed by atoms with Gasteiger partial charge in [0.15, 0.2) is 5.82 Å². The van der Waals surface area contributed by atoms with E-state index in [9.17, 15) is 18.0 Å². The van der Waals surface area contributed by atoms with Crippen molar-refractivity contribution in [3.05, 3.63) is 60.4 Å². The molecule has 0 atom stereocenters. The van der Waals surface area contributed by atoms with Crippen molar-refractivity contribution in [1.82, 2.24) is 14.8 Å². The van der Waals surface area contributed by atoms with Gasteiger partial charge in [0.2, 0.25) is 0 Å². The van der Waals surface area contributed by atoms with Gasteiger partial charge in [0.1, 0.15) is 17.9 Å². The van der Waals surface area contributed by atoms with Gasteiger partial charge in [-0.2, -0.15) is 0 Å². The molecule has 0 aliphatic heterocycles. The normalized spacial score (nSPS) is 11.4. The Hall–Kier alpha value is -3.16. The van der Waals surface area contributed by atoms with Crippen LogP contribution in [-0.2, 0) is 11.2 Å². The van der Waals surface area contributed by atoms with Crippen LogP contribution in [0.15, 0.2) is 54.9 Å². The lowest BCUT2D eigenvalue weighted by Gasteiger charge is -2.08. The molecule has 0 aliphatic carbocycles. The molecule has 0 fully saturated rings. The summed E-state index contributed by atoms with van der Waals surface area (Å²) in [5.41, 5.74) is 2.59. The lowest BCUT2D eigenvalue weighted by atomic mass is 10.1. The predicted octanol–water partition coefficient (Wildman–Crippen LogP) is 5.13. The van der Waals surface area contributed by atoms with E-state index in [0.29, 0.717) is 17.8 Å². The van der Waals surface area contributed by atoms with Gasteiger partial charge in [0.05, 0.1) is 5.69 Å². The second kappa shape index (κ2) is 8.89. The molecule has 3 aromatic rings. The number of unbranched alkanes of at least 4 members (excludes halogenated alkanes) is 1. The SMILES string of the molecule is CC(=O)CCCCc1ccc(-n2cnc(-c3ccc(OC(F)(F)F)cc3)n2)cc1. The lowest BCUT2D eigenvalue weighted by Crippen LogP contribution is -2.16. The molecule has 8 heteroatoms. The van der Waals surface area contributed by atoms with Gasteiger partial charge < -0.3 is 9.53 Å². The maximum atomic E-state index is 12.2. The molecule has 0 amide bonds. The molecule has 0 saturated carbocycles. The summed E-state index contributed by atoms with van der Waals surface area (Å²) in [5, 5.41) is 4.38. The van der Waals surface area contributed by atoms with Crippen LogP contribution in [0.25, 0.3) is 17.1 Å². The van der Waals surface area contributed by atoms with E-state index in [0.717, 1.165) is 24.9 Å². The number of carbonyl (C=O) groups is 1. The Kier molecular flexibility index (Phi) is 6.31. The van der Waals surface area contributed by atoms with E-state index in [1.807, 2.05) is 24.3 Å². The van der Waals surface area contributed by atoms with Gasteiger partial charge in [-0.1, -0.05) is 12.1 Å². The van der Waals surface area contributed by atoms with Crippen molar-refractivity contribution in [1.29, 1.82) is 0 Å². The predicted molar refractivity (Wildman–Crippen MR) is 102 cm³/mol. The van der Waals surface area contributed by atoms with Crippen LogP contribution in [0.2, 0.25) is 0 Å². The van der Waals surface area contributed by atoms with Crippen LogP contribution in [0, 0.1) is 0 Å². The number of hydrogen-bond acceptors (Lipinski definition) is 4. The minimum atomic E-state index is -4.72. The summed E-state index contributed by atoms with van der Waals surface area (Å²) in [7, 11) is 0. The first-order valence-corrected chi connectivity index (χ1v) is 9.17. The number of hydrogen-bond donors (Lipinski definition) is 0. The smallest absolute Gasteiger partial charge is 0.406 e. The summed E-state index contributed by atoms with van der Waals surface area (Å²) < 4.78 is 42.2. The molecule has 3 rings (SSSR count). The van der Waals surface area contributed by atoms with Crippen LogP contribution in [-0.4, -0.2) is 26.9 Å². The molecule has 0 spiro atoms. The number of alkyl halides is 3. The number of halogens is 3. The van der Waals surface area contributed by atoms with E-state index in [2.05, 4.69) is 14.8 Å². The van der Waals surface area contributed by atoms with Crippen molar-refractivity contribution in [3.63, 3.8) is 0 Å². The largest absolute Gasteiger partial charge is 0.573 e. The van der Waals surface area contributed by atoms with E-state index in [4.69, 9.17) is 0 Å². The Balaban J connectivity index is 1.63. The van der Waals surface area contributed by atoms with Crippen LogP contribution in [0.4, 0.5) is 13.2 Å². The minimum Gasteiger partial charge on any atom is -0.406 e. The van der Waals surface area contributed by atoms with Crippen molar-refractivity contribution in [2.24, 2.45) is 0 Å². The highest BCUT2D eigenvalue weighted by Gasteiger charge is 2.31. The topological polar surface area (TPSA) is 57.0 Å². The van der Waals surface area contributed by atoms with Gasteiger partial charge in [0.25, 0.3) is 0 Å². The summed E-state index contributed by atoms with van der Waals surface area (Å²) in [5.74, 6) is 0.321. The molecule has 0 N–H and O–H groups in total. The highest BCUT2D eigenvalue weighted by Crippen LogP contribution is 2.25. The zero-order chi connectivity index (χ0) is 20.9. The number of aromatic nitrogens is 3. The number of ether oxygens (including phenoxy) is 1. The van der Waals surface area contributed by atoms with E-state index < -0.39 is 6.36 Å². The van der Waals surface area contributed by atoms with Crippen molar-refractivity contribution < 1.29 is 22.7 Å². The molecule has 0 aliphatic rings. The van der Waals surface area contributed by atoms with Gasteiger partial charge in [0, 0.05) is 12.0 Å². The maximum absolute atomic E-state index is 12.2. The fourth-order valence-corrected chi connectivity index (χ4v) is 2.84. The Morgan fingerprint density at radius 2 is 1.72 bits per heavy atom. The average Bonchev–Trinajstić information content (AvgIpc) is 3.15. The van der Waals surface area contributed by atoms with Gasteiger partial charge in [-0.25, -0.2) is 9.67 Å². The van der Waals surface area contributed by atoms with Gasteiger partial charge in [-0.05, 0) is 68.1 Å². The number of carbonyl (C=O) groups excluding carboxylic acids is 1. The first-order chi connectivity index (χ1) is 13.8. The van der Waals surface area contributed by atoms with Crippen LogP contribution < -0.4 is 4.74 Å². The van der Waals surface area contributed by atoms with Crippen LogP contribution >= 0.6 is 0 Å². The number of ketones is 1. The minimum absolute atomic E-state index is 0.213. The van der Waals surface area contributed by atoms with Crippen LogP contribution in [0.5, 0.6) is 5.75 Å². The average molecular weight is 403 g/mol. The maximum Gasteiger partial charge on any atom is 0.573 e. The Morgan fingerprint density at radius 3 is 2.34 bits per heavy atom. The molecule has 2 aromatic carbocycles. The standard InChI is InChI=1S/C21H20F3N3O2/c1-15(28)4-2-3-5-16-6-10-18(11-7-16)27-14-25-20(26-27)17-8-12-19(13-9-17)29-21(22,23)24/h6-14H,2-5H2,1H3. The Morgan fingerprint density at radius 1 is 1.03 bits per heavy atom. The second-order valence-corrected chi connectivity index (χ2v) is 6.66. The van der Waals surface area contributed by atoms with Gasteiger partial charge in [-0.3, -0.25) is 0 Å². The zero-order valence-electron chi connectivity index (χ0n) is 15.8. The lowest BCUT2D eigenvalue weighted by molar-refractivity contribution is -0.274. The summed E-state index contributed by atoms with van der Waals surface area (Å²) in [6.07, 6.45) is 0.195. The van der Waals surface area contributed by atoms with E-state index in [1.165, 1.54) is 29.8 Å². The molecular formula is C21H20F3N3O2. The molecule has 1 heterocycles. The molecule has 0 unspecified atom stereocenters. The fraction of sp³-hybridized carbons (Fsp3) is 0.286. The van der Waals surface area contributed by atoms with E-state index in [1.54, 1.807) is 17.9 Å². The molecule has 5 nitrogen and oxygen atoms in total. The third kappa shape index (κ3) is 6.17. The number of benzene rings is 2. The monoisotopic (exact) mass is 403 g/mol. The van der Waals surface area contributed by atoms with Crippen LogP contribution in [0.3, 0.4) is 0 Å². The van der Waals surface area contributed by atoms with Crippen molar-refractivity contribution in [2.45, 2.75) is 39.0 Å². The summed E-state index contributed by atoms with van der Waals surface area (Å²) in [4.78, 5) is 15.2. The quantitative estimate of drug-likeness (QED) is 0.489. The first kappa shape index (κ1) is 20.6. The summed E-state index contributed by atoms with van der Waals surface area (Å²) in [6.45, 7) is 1.60. The van der Waals surface area contributed by atoms with Gasteiger partial charge >= 0.3 is 6.36 Å². The Bertz CT molecular complexity index is 949. The molecule has 0 bridgehead atoms. The number of nitrogens with zero attached hydrogens (tertiary/aromatic N) is 3.